The molecule has 6 heteroatoms. The van der Waals surface area contributed by atoms with E-state index < -0.39 is 0 Å². The second kappa shape index (κ2) is 5.29. The van der Waals surface area contributed by atoms with Crippen LogP contribution in [0.3, 0.4) is 0 Å². The van der Waals surface area contributed by atoms with Crippen molar-refractivity contribution in [3.05, 3.63) is 11.8 Å². The number of rotatable bonds is 3. The number of nitrogens with zero attached hydrogens (tertiary/aromatic N) is 2. The van der Waals surface area contributed by atoms with Gasteiger partial charge >= 0.3 is 0 Å². The number of amides is 1. The van der Waals surface area contributed by atoms with Gasteiger partial charge in [-0.15, -0.1) is 0 Å². The van der Waals surface area contributed by atoms with E-state index in [-0.39, 0.29) is 11.9 Å². The van der Waals surface area contributed by atoms with Crippen LogP contribution >= 0.6 is 0 Å². The van der Waals surface area contributed by atoms with E-state index in [0.717, 1.165) is 26.2 Å². The molecule has 0 spiro atoms. The minimum absolute atomic E-state index is 0.0415. The molecule has 17 heavy (non-hydrogen) atoms. The van der Waals surface area contributed by atoms with E-state index in [9.17, 15) is 4.79 Å². The number of anilines is 1. The zero-order chi connectivity index (χ0) is 12.3. The zero-order valence-corrected chi connectivity index (χ0v) is 10.2. The third-order valence-corrected chi connectivity index (χ3v) is 2.96. The van der Waals surface area contributed by atoms with E-state index in [1.807, 2.05) is 6.92 Å². The van der Waals surface area contributed by atoms with Crippen molar-refractivity contribution in [3.63, 3.8) is 0 Å². The van der Waals surface area contributed by atoms with Crippen LogP contribution in [0.25, 0.3) is 0 Å². The number of nitrogens with one attached hydrogen (secondary N) is 2. The van der Waals surface area contributed by atoms with Crippen LogP contribution in [0.4, 0.5) is 5.82 Å². The van der Waals surface area contributed by atoms with Crippen LogP contribution in [0.1, 0.15) is 12.7 Å². The second-order valence-electron chi connectivity index (χ2n) is 4.27. The molecule has 2 heterocycles. The highest BCUT2D eigenvalue weighted by Gasteiger charge is 2.23. The number of aromatic nitrogens is 1. The molecule has 1 unspecified atom stereocenters. The molecule has 0 saturated carbocycles. The molecule has 1 atom stereocenters. The van der Waals surface area contributed by atoms with Crippen LogP contribution in [0.15, 0.2) is 10.6 Å². The lowest BCUT2D eigenvalue weighted by Gasteiger charge is -2.31. The number of hydrogen-bond acceptors (Lipinski definition) is 5. The van der Waals surface area contributed by atoms with Crippen LogP contribution in [0.5, 0.6) is 0 Å². The first-order valence-electron chi connectivity index (χ1n) is 5.86. The van der Waals surface area contributed by atoms with Gasteiger partial charge < -0.3 is 15.2 Å². The molecule has 94 valence electrons. The molecule has 0 aromatic carbocycles. The first kappa shape index (κ1) is 12.1. The van der Waals surface area contributed by atoms with E-state index in [4.69, 9.17) is 4.52 Å². The van der Waals surface area contributed by atoms with Crippen molar-refractivity contribution in [2.45, 2.75) is 19.9 Å². The summed E-state index contributed by atoms with van der Waals surface area (Å²) in [7, 11) is 0. The van der Waals surface area contributed by atoms with Crippen molar-refractivity contribution in [1.82, 2.24) is 15.4 Å². The summed E-state index contributed by atoms with van der Waals surface area (Å²) in [6.45, 7) is 7.36. The lowest BCUT2D eigenvalue weighted by Crippen LogP contribution is -2.51. The Balaban J connectivity index is 1.90. The number of aryl methyl sites for hydroxylation is 1. The van der Waals surface area contributed by atoms with E-state index in [1.54, 1.807) is 13.0 Å². The van der Waals surface area contributed by atoms with Gasteiger partial charge in [-0.05, 0) is 13.8 Å². The third kappa shape index (κ3) is 3.04. The van der Waals surface area contributed by atoms with Crippen molar-refractivity contribution < 1.29 is 9.32 Å². The van der Waals surface area contributed by atoms with Gasteiger partial charge in [-0.1, -0.05) is 5.16 Å². The third-order valence-electron chi connectivity index (χ3n) is 2.96. The maximum atomic E-state index is 12.0. The molecule has 1 aromatic rings. The molecule has 2 N–H and O–H groups in total. The highest BCUT2D eigenvalue weighted by molar-refractivity contribution is 5.93. The number of hydrogen-bond donors (Lipinski definition) is 2. The number of carbonyl (C=O) groups is 1. The molecule has 0 aliphatic carbocycles. The standard InChI is InChI=1S/C11H18N4O2/c1-8-7-10(14-17-8)13-11(16)9(2)15-5-3-12-4-6-15/h7,9,12H,3-6H2,1-2H3,(H,13,14,16). The molecular formula is C11H18N4O2. The molecule has 1 aliphatic heterocycles. The predicted octanol–water partition coefficient (Wildman–Crippen LogP) is 0.215. The largest absolute Gasteiger partial charge is 0.360 e. The molecule has 0 bridgehead atoms. The molecule has 1 aromatic heterocycles. The van der Waals surface area contributed by atoms with Crippen LogP contribution in [0, 0.1) is 6.92 Å². The highest BCUT2D eigenvalue weighted by atomic mass is 16.5. The van der Waals surface area contributed by atoms with Gasteiger partial charge in [-0.25, -0.2) is 0 Å². The van der Waals surface area contributed by atoms with Gasteiger partial charge in [0.05, 0.1) is 6.04 Å². The van der Waals surface area contributed by atoms with Crippen molar-refractivity contribution in [3.8, 4) is 0 Å². The SMILES string of the molecule is Cc1cc(NC(=O)C(C)N2CCNCC2)no1. The topological polar surface area (TPSA) is 70.4 Å². The van der Waals surface area contributed by atoms with Gasteiger partial charge in [-0.3, -0.25) is 9.69 Å². The van der Waals surface area contributed by atoms with Gasteiger partial charge in [0.25, 0.3) is 0 Å². The van der Waals surface area contributed by atoms with Gasteiger partial charge in [-0.2, -0.15) is 0 Å². The first-order chi connectivity index (χ1) is 8.16. The summed E-state index contributed by atoms with van der Waals surface area (Å²) in [5.74, 6) is 1.13. The van der Waals surface area contributed by atoms with E-state index in [2.05, 4.69) is 20.7 Å². The Bertz CT molecular complexity index is 385. The summed E-state index contributed by atoms with van der Waals surface area (Å²) >= 11 is 0. The first-order valence-corrected chi connectivity index (χ1v) is 5.86. The molecule has 6 nitrogen and oxygen atoms in total. The normalized spacial score (nSPS) is 18.9. The number of carbonyl (C=O) groups excluding carboxylic acids is 1. The fourth-order valence-electron chi connectivity index (χ4n) is 1.89. The summed E-state index contributed by atoms with van der Waals surface area (Å²) < 4.78 is 4.90. The summed E-state index contributed by atoms with van der Waals surface area (Å²) in [5, 5.41) is 9.76. The Morgan fingerprint density at radius 2 is 2.29 bits per heavy atom. The molecule has 1 fully saturated rings. The van der Waals surface area contributed by atoms with E-state index in [1.165, 1.54) is 0 Å². The van der Waals surface area contributed by atoms with Crippen molar-refractivity contribution >= 4 is 11.7 Å². The molecular weight excluding hydrogens is 220 g/mol. The van der Waals surface area contributed by atoms with Crippen molar-refractivity contribution in [2.24, 2.45) is 0 Å². The lowest BCUT2D eigenvalue weighted by molar-refractivity contribution is -0.121. The van der Waals surface area contributed by atoms with E-state index in [0.29, 0.717) is 11.6 Å². The minimum atomic E-state index is -0.144. The summed E-state index contributed by atoms with van der Waals surface area (Å²) in [6, 6.07) is 1.57. The second-order valence-corrected chi connectivity index (χ2v) is 4.27. The molecule has 1 saturated heterocycles. The van der Waals surface area contributed by atoms with Crippen molar-refractivity contribution in [1.29, 1.82) is 0 Å². The van der Waals surface area contributed by atoms with Gasteiger partial charge in [0.2, 0.25) is 5.91 Å². The minimum Gasteiger partial charge on any atom is -0.360 e. The summed E-state index contributed by atoms with van der Waals surface area (Å²) in [5.41, 5.74) is 0. The fraction of sp³-hybridized carbons (Fsp3) is 0.636. The monoisotopic (exact) mass is 238 g/mol. The molecule has 2 rings (SSSR count). The lowest BCUT2D eigenvalue weighted by atomic mass is 10.2. The van der Waals surface area contributed by atoms with Crippen LogP contribution in [0.2, 0.25) is 0 Å². The maximum absolute atomic E-state index is 12.0. The average Bonchev–Trinajstić information content (AvgIpc) is 2.75. The Morgan fingerprint density at radius 3 is 2.88 bits per heavy atom. The Kier molecular flexibility index (Phi) is 3.75. The van der Waals surface area contributed by atoms with Crippen LogP contribution < -0.4 is 10.6 Å². The van der Waals surface area contributed by atoms with Crippen LogP contribution in [-0.2, 0) is 4.79 Å². The zero-order valence-electron chi connectivity index (χ0n) is 10.2. The Hall–Kier alpha value is -1.40. The Labute approximate surface area is 100 Å². The van der Waals surface area contributed by atoms with Gasteiger partial charge in [0.15, 0.2) is 5.82 Å². The van der Waals surface area contributed by atoms with Gasteiger partial charge in [0.1, 0.15) is 5.76 Å². The van der Waals surface area contributed by atoms with Crippen molar-refractivity contribution in [2.75, 3.05) is 31.5 Å². The Morgan fingerprint density at radius 1 is 1.59 bits per heavy atom. The van der Waals surface area contributed by atoms with Gasteiger partial charge in [0, 0.05) is 32.2 Å². The number of piperazine rings is 1. The van der Waals surface area contributed by atoms with E-state index >= 15 is 0 Å². The molecule has 1 amide bonds. The smallest absolute Gasteiger partial charge is 0.242 e. The maximum Gasteiger partial charge on any atom is 0.242 e. The molecule has 0 radical (unpaired) electrons. The molecule has 1 aliphatic rings. The van der Waals surface area contributed by atoms with Crippen LogP contribution in [-0.4, -0.2) is 48.2 Å². The predicted molar refractivity (Wildman–Crippen MR) is 63.8 cm³/mol. The average molecular weight is 238 g/mol. The summed E-state index contributed by atoms with van der Waals surface area (Å²) in [6.07, 6.45) is 0. The highest BCUT2D eigenvalue weighted by Crippen LogP contribution is 2.09. The fourth-order valence-corrected chi connectivity index (χ4v) is 1.89. The quantitative estimate of drug-likeness (QED) is 0.788. The summed E-state index contributed by atoms with van der Waals surface area (Å²) in [4.78, 5) is 14.1.